The average Bonchev–Trinajstić information content (AvgIpc) is 2.76. The van der Waals surface area contributed by atoms with E-state index in [-0.39, 0.29) is 6.54 Å². The molecule has 0 radical (unpaired) electrons. The first-order valence-corrected chi connectivity index (χ1v) is 6.42. The highest BCUT2D eigenvalue weighted by atomic mass is 16.4. The van der Waals surface area contributed by atoms with Crippen LogP contribution < -0.4 is 5.32 Å². The van der Waals surface area contributed by atoms with Crippen molar-refractivity contribution in [3.05, 3.63) is 0 Å². The summed E-state index contributed by atoms with van der Waals surface area (Å²) < 4.78 is 0. The van der Waals surface area contributed by atoms with Gasteiger partial charge in [0.15, 0.2) is 0 Å². The summed E-state index contributed by atoms with van der Waals surface area (Å²) in [5.74, 6) is -2.19. The van der Waals surface area contributed by atoms with E-state index in [1.54, 1.807) is 0 Å². The molecule has 110 valence electrons. The molecular formula is C12H17N3O5. The standard InChI is InChI=1S/C12H17N3O5/c1-7-9(17)13-8(16)6-14(7)11(20)15-5-3-4-12(15,2)10(18)19/h7H,3-6H2,1-2H3,(H,18,19)(H,13,16,17). The molecule has 0 aromatic carbocycles. The van der Waals surface area contributed by atoms with E-state index < -0.39 is 35.4 Å². The van der Waals surface area contributed by atoms with Gasteiger partial charge in [-0.25, -0.2) is 9.59 Å². The van der Waals surface area contributed by atoms with Crippen molar-refractivity contribution in [2.75, 3.05) is 13.1 Å². The van der Waals surface area contributed by atoms with Crippen molar-refractivity contribution in [1.29, 1.82) is 0 Å². The molecule has 8 heteroatoms. The second-order valence-electron chi connectivity index (χ2n) is 5.33. The number of urea groups is 1. The number of carboxylic acids is 1. The summed E-state index contributed by atoms with van der Waals surface area (Å²) in [6.07, 6.45) is 0.938. The molecule has 2 heterocycles. The number of hydrogen-bond donors (Lipinski definition) is 2. The number of amides is 4. The highest BCUT2D eigenvalue weighted by Gasteiger charge is 2.49. The largest absolute Gasteiger partial charge is 0.480 e. The van der Waals surface area contributed by atoms with E-state index >= 15 is 0 Å². The maximum absolute atomic E-state index is 12.5. The van der Waals surface area contributed by atoms with Crippen molar-refractivity contribution in [3.8, 4) is 0 Å². The number of hydrogen-bond acceptors (Lipinski definition) is 4. The molecule has 0 saturated carbocycles. The number of nitrogens with zero attached hydrogens (tertiary/aromatic N) is 2. The molecule has 2 N–H and O–H groups in total. The van der Waals surface area contributed by atoms with Gasteiger partial charge in [0.25, 0.3) is 0 Å². The molecule has 8 nitrogen and oxygen atoms in total. The molecule has 2 saturated heterocycles. The third-order valence-electron chi connectivity index (χ3n) is 4.00. The number of carbonyl (C=O) groups is 4. The number of likely N-dealkylation sites (tertiary alicyclic amines) is 1. The molecule has 0 spiro atoms. The lowest BCUT2D eigenvalue weighted by Crippen LogP contribution is -2.63. The van der Waals surface area contributed by atoms with Crippen molar-refractivity contribution in [2.45, 2.75) is 38.3 Å². The third-order valence-corrected chi connectivity index (χ3v) is 4.00. The average molecular weight is 283 g/mol. The SMILES string of the molecule is CC1C(=O)NC(=O)CN1C(=O)N1CCCC1(C)C(=O)O. The van der Waals surface area contributed by atoms with Crippen LogP contribution in [0.3, 0.4) is 0 Å². The van der Waals surface area contributed by atoms with Crippen LogP contribution in [0.4, 0.5) is 4.79 Å². The van der Waals surface area contributed by atoms with Crippen LogP contribution in [0.25, 0.3) is 0 Å². The quantitative estimate of drug-likeness (QED) is 0.624. The molecule has 0 bridgehead atoms. The molecule has 0 aromatic rings. The van der Waals surface area contributed by atoms with Gasteiger partial charge in [-0.1, -0.05) is 0 Å². The molecule has 20 heavy (non-hydrogen) atoms. The Morgan fingerprint density at radius 2 is 2.05 bits per heavy atom. The van der Waals surface area contributed by atoms with Gasteiger partial charge < -0.3 is 14.9 Å². The third kappa shape index (κ3) is 2.10. The predicted molar refractivity (Wildman–Crippen MR) is 66.7 cm³/mol. The topological polar surface area (TPSA) is 107 Å². The van der Waals surface area contributed by atoms with Gasteiger partial charge in [0.05, 0.1) is 0 Å². The highest BCUT2D eigenvalue weighted by Crippen LogP contribution is 2.30. The van der Waals surface area contributed by atoms with Crippen molar-refractivity contribution in [2.24, 2.45) is 0 Å². The maximum atomic E-state index is 12.5. The molecule has 2 rings (SSSR count). The van der Waals surface area contributed by atoms with Gasteiger partial charge in [-0.3, -0.25) is 14.9 Å². The van der Waals surface area contributed by atoms with E-state index in [0.717, 1.165) is 4.90 Å². The van der Waals surface area contributed by atoms with Gasteiger partial charge in [0.2, 0.25) is 11.8 Å². The minimum Gasteiger partial charge on any atom is -0.480 e. The molecule has 0 aliphatic carbocycles. The monoisotopic (exact) mass is 283 g/mol. The fourth-order valence-electron chi connectivity index (χ4n) is 2.60. The van der Waals surface area contributed by atoms with E-state index in [1.165, 1.54) is 18.7 Å². The van der Waals surface area contributed by atoms with E-state index in [2.05, 4.69) is 5.32 Å². The zero-order valence-electron chi connectivity index (χ0n) is 11.4. The van der Waals surface area contributed by atoms with Crippen LogP contribution in [0.5, 0.6) is 0 Å². The zero-order chi connectivity index (χ0) is 15.1. The number of nitrogens with one attached hydrogen (secondary N) is 1. The zero-order valence-corrected chi connectivity index (χ0v) is 11.4. The molecule has 4 amide bonds. The summed E-state index contributed by atoms with van der Waals surface area (Å²) in [5.41, 5.74) is -1.28. The number of imide groups is 1. The fourth-order valence-corrected chi connectivity index (χ4v) is 2.60. The summed E-state index contributed by atoms with van der Waals surface area (Å²) >= 11 is 0. The molecular weight excluding hydrogens is 266 g/mol. The number of rotatable bonds is 1. The Bertz CT molecular complexity index is 491. The second-order valence-corrected chi connectivity index (χ2v) is 5.33. The molecule has 2 atom stereocenters. The summed E-state index contributed by atoms with van der Waals surface area (Å²) in [6.45, 7) is 3.06. The number of carbonyl (C=O) groups excluding carboxylic acids is 3. The summed E-state index contributed by atoms with van der Waals surface area (Å²) in [5, 5.41) is 11.4. The van der Waals surface area contributed by atoms with Crippen LogP contribution in [0.2, 0.25) is 0 Å². The number of aliphatic carboxylic acids is 1. The summed E-state index contributed by atoms with van der Waals surface area (Å²) in [4.78, 5) is 49.2. The van der Waals surface area contributed by atoms with Gasteiger partial charge in [0, 0.05) is 6.54 Å². The highest BCUT2D eigenvalue weighted by molar-refractivity contribution is 6.04. The number of carboxylic acid groups (broad SMARTS) is 1. The van der Waals surface area contributed by atoms with Crippen LogP contribution in [0.15, 0.2) is 0 Å². The minimum atomic E-state index is -1.28. The molecule has 2 unspecified atom stereocenters. The fraction of sp³-hybridized carbons (Fsp3) is 0.667. The molecule has 2 aliphatic rings. The van der Waals surface area contributed by atoms with Crippen LogP contribution >= 0.6 is 0 Å². The van der Waals surface area contributed by atoms with Gasteiger partial charge in [-0.15, -0.1) is 0 Å². The number of piperazine rings is 1. The van der Waals surface area contributed by atoms with Gasteiger partial charge in [-0.2, -0.15) is 0 Å². The smallest absolute Gasteiger partial charge is 0.329 e. The van der Waals surface area contributed by atoms with Gasteiger partial charge in [0.1, 0.15) is 18.1 Å². The maximum Gasteiger partial charge on any atom is 0.329 e. The lowest BCUT2D eigenvalue weighted by atomic mass is 9.99. The predicted octanol–water partition coefficient (Wildman–Crippen LogP) is -0.608. The Morgan fingerprint density at radius 1 is 1.40 bits per heavy atom. The molecule has 0 aromatic heterocycles. The lowest BCUT2D eigenvalue weighted by molar-refractivity contribution is -0.147. The van der Waals surface area contributed by atoms with E-state index in [0.29, 0.717) is 19.4 Å². The van der Waals surface area contributed by atoms with Gasteiger partial charge in [-0.05, 0) is 26.7 Å². The first-order valence-electron chi connectivity index (χ1n) is 6.42. The normalized spacial score (nSPS) is 30.4. The second kappa shape index (κ2) is 4.77. The van der Waals surface area contributed by atoms with Crippen LogP contribution in [-0.4, -0.2) is 63.4 Å². The van der Waals surface area contributed by atoms with Gasteiger partial charge >= 0.3 is 12.0 Å². The lowest BCUT2D eigenvalue weighted by Gasteiger charge is -2.39. The van der Waals surface area contributed by atoms with E-state index in [1.807, 2.05) is 0 Å². The van der Waals surface area contributed by atoms with E-state index in [9.17, 15) is 24.3 Å². The van der Waals surface area contributed by atoms with Crippen molar-refractivity contribution < 1.29 is 24.3 Å². The summed E-state index contributed by atoms with van der Waals surface area (Å²) in [7, 11) is 0. The first kappa shape index (κ1) is 14.3. The Labute approximate surface area is 115 Å². The van der Waals surface area contributed by atoms with E-state index in [4.69, 9.17) is 0 Å². The summed E-state index contributed by atoms with van der Waals surface area (Å²) in [6, 6.07) is -1.37. The van der Waals surface area contributed by atoms with Crippen molar-refractivity contribution in [3.63, 3.8) is 0 Å². The minimum absolute atomic E-state index is 0.238. The van der Waals surface area contributed by atoms with Crippen LogP contribution in [0, 0.1) is 0 Å². The first-order chi connectivity index (χ1) is 9.27. The van der Waals surface area contributed by atoms with Crippen LogP contribution in [-0.2, 0) is 14.4 Å². The molecule has 2 fully saturated rings. The van der Waals surface area contributed by atoms with Crippen LogP contribution in [0.1, 0.15) is 26.7 Å². The Balaban J connectivity index is 2.24. The van der Waals surface area contributed by atoms with Crippen molar-refractivity contribution >= 4 is 23.8 Å². The van der Waals surface area contributed by atoms with Crippen molar-refractivity contribution in [1.82, 2.24) is 15.1 Å². The Kier molecular flexibility index (Phi) is 3.41. The Morgan fingerprint density at radius 3 is 2.65 bits per heavy atom. The Hall–Kier alpha value is -2.12. The molecule has 2 aliphatic heterocycles.